The number of aromatic nitrogens is 2. The minimum absolute atomic E-state index is 0.270. The van der Waals surface area contributed by atoms with Crippen LogP contribution >= 0.6 is 0 Å². The lowest BCUT2D eigenvalue weighted by Gasteiger charge is -2.30. The Labute approximate surface area is 158 Å². The molecule has 1 fully saturated rings. The van der Waals surface area contributed by atoms with Crippen molar-refractivity contribution >= 4 is 22.8 Å². The van der Waals surface area contributed by atoms with Crippen molar-refractivity contribution in [3.05, 3.63) is 30.0 Å². The fraction of sp³-hybridized carbons (Fsp3) is 0.500. The predicted octanol–water partition coefficient (Wildman–Crippen LogP) is 2.81. The van der Waals surface area contributed by atoms with Crippen molar-refractivity contribution in [2.75, 3.05) is 31.7 Å². The molecule has 7 heteroatoms. The van der Waals surface area contributed by atoms with Gasteiger partial charge in [-0.2, -0.15) is 5.26 Å². The quantitative estimate of drug-likeness (QED) is 0.724. The topological polar surface area (TPSA) is 88.3 Å². The highest BCUT2D eigenvalue weighted by molar-refractivity contribution is 5.85. The Bertz CT molecular complexity index is 843. The van der Waals surface area contributed by atoms with Crippen molar-refractivity contribution in [3.63, 3.8) is 0 Å². The van der Waals surface area contributed by atoms with Gasteiger partial charge in [0.2, 0.25) is 0 Å². The zero-order valence-corrected chi connectivity index (χ0v) is 15.7. The second-order valence-corrected chi connectivity index (χ2v) is 6.73. The molecule has 0 bridgehead atoms. The third-order valence-electron chi connectivity index (χ3n) is 4.59. The van der Waals surface area contributed by atoms with Crippen molar-refractivity contribution in [1.82, 2.24) is 9.97 Å². The molecule has 27 heavy (non-hydrogen) atoms. The third-order valence-corrected chi connectivity index (χ3v) is 4.59. The van der Waals surface area contributed by atoms with Crippen molar-refractivity contribution in [1.29, 1.82) is 5.26 Å². The summed E-state index contributed by atoms with van der Waals surface area (Å²) in [5, 5.41) is 9.72. The van der Waals surface area contributed by atoms with Gasteiger partial charge in [-0.05, 0) is 38.3 Å². The fourth-order valence-corrected chi connectivity index (χ4v) is 3.30. The molecule has 1 saturated heterocycles. The van der Waals surface area contributed by atoms with Crippen molar-refractivity contribution < 1.29 is 14.3 Å². The average Bonchev–Trinajstić information content (AvgIpc) is 2.69. The van der Waals surface area contributed by atoms with E-state index in [1.54, 1.807) is 6.92 Å². The number of nitriles is 1. The van der Waals surface area contributed by atoms with Crippen LogP contribution in [0.5, 0.6) is 0 Å². The van der Waals surface area contributed by atoms with E-state index < -0.39 is 18.0 Å². The molecule has 0 unspecified atom stereocenters. The van der Waals surface area contributed by atoms with Crippen LogP contribution in [0, 0.1) is 11.3 Å². The van der Waals surface area contributed by atoms with Crippen molar-refractivity contribution in [2.45, 2.75) is 38.2 Å². The van der Waals surface area contributed by atoms with Crippen LogP contribution in [0.1, 0.15) is 37.8 Å². The van der Waals surface area contributed by atoms with E-state index >= 15 is 0 Å². The summed E-state index contributed by atoms with van der Waals surface area (Å²) in [6, 6.07) is 9.55. The maximum absolute atomic E-state index is 12.6. The van der Waals surface area contributed by atoms with Gasteiger partial charge in [0.1, 0.15) is 11.8 Å². The monoisotopic (exact) mass is 368 g/mol. The molecule has 7 nitrogen and oxygen atoms in total. The van der Waals surface area contributed by atoms with Crippen LogP contribution in [0.2, 0.25) is 0 Å². The highest BCUT2D eigenvalue weighted by atomic mass is 16.6. The minimum atomic E-state index is -1.13. The van der Waals surface area contributed by atoms with Gasteiger partial charge in [-0.25, -0.2) is 9.97 Å². The molecule has 2 aromatic rings. The highest BCUT2D eigenvalue weighted by Crippen LogP contribution is 2.29. The van der Waals surface area contributed by atoms with E-state index in [2.05, 4.69) is 16.0 Å². The molecule has 3 rings (SSSR count). The van der Waals surface area contributed by atoms with Gasteiger partial charge in [-0.3, -0.25) is 4.79 Å². The largest absolute Gasteiger partial charge is 0.459 e. The number of esters is 1. The lowest BCUT2D eigenvalue weighted by Crippen LogP contribution is -2.33. The molecule has 0 amide bonds. The van der Waals surface area contributed by atoms with Crippen LogP contribution in [0.15, 0.2) is 24.3 Å². The first-order valence-corrected chi connectivity index (χ1v) is 9.24. The Morgan fingerprint density at radius 2 is 1.89 bits per heavy atom. The van der Waals surface area contributed by atoms with Crippen LogP contribution in [-0.2, 0) is 14.3 Å². The number of rotatable bonds is 6. The zero-order valence-electron chi connectivity index (χ0n) is 15.7. The molecule has 1 aromatic heterocycles. The molecule has 0 aliphatic carbocycles. The number of hydrogen-bond acceptors (Lipinski definition) is 7. The SMILES string of the molecule is COC[C@@H](C)OC(=O)[C@H](C#N)c1nc2ccccc2nc1N1CCCCC1. The van der Waals surface area contributed by atoms with Gasteiger partial charge in [0.05, 0.1) is 23.7 Å². The lowest BCUT2D eigenvalue weighted by molar-refractivity contribution is -0.150. The number of ether oxygens (including phenoxy) is 2. The second-order valence-electron chi connectivity index (χ2n) is 6.73. The maximum Gasteiger partial charge on any atom is 0.330 e. The molecule has 1 aromatic carbocycles. The number of fused-ring (bicyclic) bond motifs is 1. The number of carbonyl (C=O) groups is 1. The summed E-state index contributed by atoms with van der Waals surface area (Å²) in [6.45, 7) is 3.68. The van der Waals surface area contributed by atoms with E-state index in [0.29, 0.717) is 17.0 Å². The minimum Gasteiger partial charge on any atom is -0.459 e. The Morgan fingerprint density at radius 3 is 2.52 bits per heavy atom. The van der Waals surface area contributed by atoms with Gasteiger partial charge in [0, 0.05) is 20.2 Å². The number of nitrogens with zero attached hydrogens (tertiary/aromatic N) is 4. The number of benzene rings is 1. The summed E-state index contributed by atoms with van der Waals surface area (Å²) < 4.78 is 10.4. The van der Waals surface area contributed by atoms with Gasteiger partial charge in [-0.15, -0.1) is 0 Å². The molecular weight excluding hydrogens is 344 g/mol. The maximum atomic E-state index is 12.6. The number of para-hydroxylation sites is 2. The summed E-state index contributed by atoms with van der Waals surface area (Å²) in [5.41, 5.74) is 1.78. The van der Waals surface area contributed by atoms with Crippen LogP contribution in [0.3, 0.4) is 0 Å². The summed E-state index contributed by atoms with van der Waals surface area (Å²) in [6.07, 6.45) is 2.84. The number of hydrogen-bond donors (Lipinski definition) is 0. The lowest BCUT2D eigenvalue weighted by atomic mass is 10.0. The number of carbonyl (C=O) groups excluding carboxylic acids is 1. The molecular formula is C20H24N4O3. The average molecular weight is 368 g/mol. The number of anilines is 1. The van der Waals surface area contributed by atoms with Crippen LogP contribution in [-0.4, -0.2) is 48.8 Å². The first-order valence-electron chi connectivity index (χ1n) is 9.24. The first-order chi connectivity index (χ1) is 13.1. The number of methoxy groups -OCH3 is 1. The van der Waals surface area contributed by atoms with Crippen molar-refractivity contribution in [3.8, 4) is 6.07 Å². The van der Waals surface area contributed by atoms with Crippen molar-refractivity contribution in [2.24, 2.45) is 0 Å². The Morgan fingerprint density at radius 1 is 1.22 bits per heavy atom. The van der Waals surface area contributed by atoms with E-state index in [1.165, 1.54) is 13.5 Å². The van der Waals surface area contributed by atoms with Crippen LogP contribution in [0.4, 0.5) is 5.82 Å². The Kier molecular flexibility index (Phi) is 6.20. The van der Waals surface area contributed by atoms with Gasteiger partial charge < -0.3 is 14.4 Å². The molecule has 2 heterocycles. The number of piperidine rings is 1. The molecule has 0 spiro atoms. The zero-order chi connectivity index (χ0) is 19.2. The third kappa shape index (κ3) is 4.34. The Hall–Kier alpha value is -2.72. The van der Waals surface area contributed by atoms with E-state index in [0.717, 1.165) is 31.4 Å². The van der Waals surface area contributed by atoms with Gasteiger partial charge >= 0.3 is 5.97 Å². The van der Waals surface area contributed by atoms with E-state index in [9.17, 15) is 10.1 Å². The molecule has 0 radical (unpaired) electrons. The smallest absolute Gasteiger partial charge is 0.330 e. The summed E-state index contributed by atoms with van der Waals surface area (Å²) >= 11 is 0. The molecule has 0 N–H and O–H groups in total. The van der Waals surface area contributed by atoms with Crippen LogP contribution < -0.4 is 4.90 Å². The Balaban J connectivity index is 2.01. The molecule has 0 saturated carbocycles. The van der Waals surface area contributed by atoms with Gasteiger partial charge in [-0.1, -0.05) is 12.1 Å². The van der Waals surface area contributed by atoms with E-state index in [1.807, 2.05) is 24.3 Å². The molecule has 2 atom stereocenters. The summed E-state index contributed by atoms with van der Waals surface area (Å²) in [4.78, 5) is 24.1. The molecule has 1 aliphatic rings. The molecule has 1 aliphatic heterocycles. The second kappa shape index (κ2) is 8.78. The van der Waals surface area contributed by atoms with E-state index in [-0.39, 0.29) is 6.61 Å². The van der Waals surface area contributed by atoms with Gasteiger partial charge in [0.25, 0.3) is 0 Å². The molecule has 142 valence electrons. The standard InChI is InChI=1S/C20H24N4O3/c1-14(13-26-2)27-20(25)15(12-21)18-19(24-10-6-3-7-11-24)23-17-9-5-4-8-16(17)22-18/h4-5,8-9,14-15H,3,6-7,10-11,13H2,1-2H3/t14-,15-/m1/s1. The highest BCUT2D eigenvalue weighted by Gasteiger charge is 2.31. The fourth-order valence-electron chi connectivity index (χ4n) is 3.30. The summed E-state index contributed by atoms with van der Waals surface area (Å²) in [5.74, 6) is -1.14. The van der Waals surface area contributed by atoms with Gasteiger partial charge in [0.15, 0.2) is 11.7 Å². The predicted molar refractivity (Wildman–Crippen MR) is 101 cm³/mol. The normalized spacial score (nSPS) is 16.6. The van der Waals surface area contributed by atoms with E-state index in [4.69, 9.17) is 14.5 Å². The van der Waals surface area contributed by atoms with Crippen LogP contribution in [0.25, 0.3) is 11.0 Å². The first kappa shape index (κ1) is 19.1. The summed E-state index contributed by atoms with van der Waals surface area (Å²) in [7, 11) is 1.54.